The second-order valence-corrected chi connectivity index (χ2v) is 9.77. The van der Waals surface area contributed by atoms with E-state index in [0.29, 0.717) is 12.0 Å². The Morgan fingerprint density at radius 2 is 1.80 bits per heavy atom. The number of rotatable bonds is 10. The summed E-state index contributed by atoms with van der Waals surface area (Å²) in [6.07, 6.45) is -2.33. The summed E-state index contributed by atoms with van der Waals surface area (Å²) in [5.41, 5.74) is 1.29. The van der Waals surface area contributed by atoms with Gasteiger partial charge < -0.3 is 54.0 Å². The number of fused-ring (bicyclic) bond motifs is 1. The molecule has 220 valence electrons. The highest BCUT2D eigenvalue weighted by molar-refractivity contribution is 5.87. The molecule has 3 aliphatic rings. The largest absolute Gasteiger partial charge is 0.502 e. The predicted molar refractivity (Wildman–Crippen MR) is 135 cm³/mol. The van der Waals surface area contributed by atoms with Crippen LogP contribution in [0.4, 0.5) is 0 Å². The first-order valence-electron chi connectivity index (χ1n) is 12.8. The number of phenols is 1. The van der Waals surface area contributed by atoms with Crippen LogP contribution in [-0.4, -0.2) is 109 Å². The van der Waals surface area contributed by atoms with Crippen molar-refractivity contribution in [3.63, 3.8) is 0 Å². The zero-order chi connectivity index (χ0) is 29.0. The Hall–Kier alpha value is -3.20. The second kappa shape index (κ2) is 13.0. The van der Waals surface area contributed by atoms with E-state index in [1.54, 1.807) is 0 Å². The van der Waals surface area contributed by atoms with E-state index in [1.807, 2.05) is 6.08 Å². The summed E-state index contributed by atoms with van der Waals surface area (Å²) in [7, 11) is 2.74. The van der Waals surface area contributed by atoms with Crippen molar-refractivity contribution in [1.82, 2.24) is 0 Å². The molecule has 13 nitrogen and oxygen atoms in total. The topological polar surface area (TPSA) is 191 Å². The molecule has 0 aromatic heterocycles. The van der Waals surface area contributed by atoms with E-state index in [1.165, 1.54) is 32.4 Å². The first-order valence-corrected chi connectivity index (χ1v) is 12.8. The summed E-state index contributed by atoms with van der Waals surface area (Å²) in [6.45, 7) is -0.613. The van der Waals surface area contributed by atoms with Crippen LogP contribution in [0.1, 0.15) is 12.0 Å². The maximum Gasteiger partial charge on any atom is 0.330 e. The minimum absolute atomic E-state index is 0.00376. The maximum absolute atomic E-state index is 12.3. The van der Waals surface area contributed by atoms with Gasteiger partial charge in [0.15, 0.2) is 17.8 Å². The van der Waals surface area contributed by atoms with Gasteiger partial charge in [0.05, 0.1) is 40.0 Å². The molecule has 0 saturated carbocycles. The van der Waals surface area contributed by atoms with Crippen LogP contribution in [0.3, 0.4) is 0 Å². The maximum atomic E-state index is 12.3. The molecule has 13 heteroatoms. The van der Waals surface area contributed by atoms with Gasteiger partial charge in [-0.2, -0.15) is 0 Å². The van der Waals surface area contributed by atoms with Crippen LogP contribution in [0, 0.1) is 17.8 Å². The van der Waals surface area contributed by atoms with E-state index in [4.69, 9.17) is 28.4 Å². The van der Waals surface area contributed by atoms with Crippen molar-refractivity contribution in [2.45, 2.75) is 37.1 Å². The fraction of sp³-hybridized carbons (Fsp3) is 0.556. The molecule has 2 aliphatic heterocycles. The summed E-state index contributed by atoms with van der Waals surface area (Å²) >= 11 is 0. The normalized spacial score (nSPS) is 31.9. The SMILES string of the molecule is COc1cc(C=CC(=O)OC[C@H]2O[C@@H](OCC3=CC[C@H]4[C@@H]3COC(=O)[C@@H]4CO)[C@H](O)[C@@H](O)[C@@H]2O)cc(OC)c1O. The Bertz CT molecular complexity index is 1110. The Balaban J connectivity index is 1.32. The van der Waals surface area contributed by atoms with Gasteiger partial charge in [-0.1, -0.05) is 6.08 Å². The summed E-state index contributed by atoms with van der Waals surface area (Å²) in [5.74, 6) is -2.00. The molecule has 2 fully saturated rings. The van der Waals surface area contributed by atoms with Crippen LogP contribution in [0.2, 0.25) is 0 Å². The highest BCUT2D eigenvalue weighted by Gasteiger charge is 2.47. The van der Waals surface area contributed by atoms with Crippen molar-refractivity contribution in [2.24, 2.45) is 17.8 Å². The number of hydrogen-bond acceptors (Lipinski definition) is 13. The standard InChI is InChI=1S/C27H34O13/c1-35-18-7-13(8-19(36-2)22(18)30)3-6-21(29)37-12-20-23(31)24(32)25(33)27(40-20)39-10-14-4-5-15-16(9-28)26(34)38-11-17(14)15/h3-4,6-8,15-17,20,23-25,27-28,30-33H,5,9-12H2,1-2H3/t15-,16-,17-,20-,23-,24+,25-,27-/m1/s1. The molecule has 1 aromatic rings. The van der Waals surface area contributed by atoms with Crippen molar-refractivity contribution in [3.8, 4) is 17.2 Å². The quantitative estimate of drug-likeness (QED) is 0.139. The number of ether oxygens (including phenoxy) is 6. The number of cyclic esters (lactones) is 1. The fourth-order valence-electron chi connectivity index (χ4n) is 5.14. The molecule has 0 amide bonds. The second-order valence-electron chi connectivity index (χ2n) is 9.77. The number of carbonyl (C=O) groups excluding carboxylic acids is 2. The predicted octanol–water partition coefficient (Wildman–Crippen LogP) is -0.482. The van der Waals surface area contributed by atoms with E-state index in [0.717, 1.165) is 11.6 Å². The van der Waals surface area contributed by atoms with Gasteiger partial charge in [0.2, 0.25) is 5.75 Å². The van der Waals surface area contributed by atoms with Gasteiger partial charge in [-0.25, -0.2) is 4.79 Å². The molecule has 2 heterocycles. The summed E-state index contributed by atoms with van der Waals surface area (Å²) in [6, 6.07) is 2.97. The molecular weight excluding hydrogens is 532 g/mol. The van der Waals surface area contributed by atoms with Gasteiger partial charge in [0.25, 0.3) is 0 Å². The van der Waals surface area contributed by atoms with Crippen molar-refractivity contribution < 1.29 is 63.5 Å². The average molecular weight is 567 g/mol. The average Bonchev–Trinajstić information content (AvgIpc) is 3.37. The number of aromatic hydroxyl groups is 1. The molecule has 0 bridgehead atoms. The lowest BCUT2D eigenvalue weighted by atomic mass is 9.80. The molecule has 40 heavy (non-hydrogen) atoms. The zero-order valence-electron chi connectivity index (χ0n) is 22.0. The Morgan fingerprint density at radius 1 is 1.10 bits per heavy atom. The molecule has 1 aromatic carbocycles. The Kier molecular flexibility index (Phi) is 9.66. The van der Waals surface area contributed by atoms with Gasteiger partial charge in [-0.15, -0.1) is 0 Å². The third kappa shape index (κ3) is 6.24. The van der Waals surface area contributed by atoms with Crippen LogP contribution in [0.15, 0.2) is 29.9 Å². The van der Waals surface area contributed by atoms with Crippen LogP contribution in [-0.2, 0) is 28.5 Å². The zero-order valence-corrected chi connectivity index (χ0v) is 22.0. The third-order valence-corrected chi connectivity index (χ3v) is 7.45. The van der Waals surface area contributed by atoms with Crippen molar-refractivity contribution in [2.75, 3.05) is 40.6 Å². The van der Waals surface area contributed by atoms with Gasteiger partial charge >= 0.3 is 11.9 Å². The number of aliphatic hydroxyl groups excluding tert-OH is 4. The van der Waals surface area contributed by atoms with E-state index in [9.17, 15) is 35.1 Å². The third-order valence-electron chi connectivity index (χ3n) is 7.45. The molecular formula is C27H34O13. The van der Waals surface area contributed by atoms with E-state index < -0.39 is 55.2 Å². The van der Waals surface area contributed by atoms with Crippen LogP contribution in [0.5, 0.6) is 17.2 Å². The molecule has 2 saturated heterocycles. The minimum Gasteiger partial charge on any atom is -0.502 e. The van der Waals surface area contributed by atoms with E-state index in [-0.39, 0.29) is 48.9 Å². The number of benzene rings is 1. The Labute approximate surface area is 230 Å². The van der Waals surface area contributed by atoms with Crippen LogP contribution in [0.25, 0.3) is 6.08 Å². The molecule has 0 unspecified atom stereocenters. The number of aliphatic hydroxyl groups is 4. The van der Waals surface area contributed by atoms with Crippen molar-refractivity contribution in [3.05, 3.63) is 35.4 Å². The molecule has 1 aliphatic carbocycles. The van der Waals surface area contributed by atoms with Crippen LogP contribution < -0.4 is 9.47 Å². The van der Waals surface area contributed by atoms with Gasteiger partial charge in [0.1, 0.15) is 31.0 Å². The number of carbonyl (C=O) groups is 2. The van der Waals surface area contributed by atoms with E-state index >= 15 is 0 Å². The van der Waals surface area contributed by atoms with E-state index in [2.05, 4.69) is 0 Å². The first kappa shape index (κ1) is 29.8. The fourth-order valence-corrected chi connectivity index (χ4v) is 5.14. The number of esters is 2. The lowest BCUT2D eigenvalue weighted by Gasteiger charge is -2.40. The summed E-state index contributed by atoms with van der Waals surface area (Å²) in [4.78, 5) is 24.2. The molecule has 0 radical (unpaired) electrons. The van der Waals surface area contributed by atoms with Crippen molar-refractivity contribution in [1.29, 1.82) is 0 Å². The van der Waals surface area contributed by atoms with Gasteiger partial charge in [0, 0.05) is 12.0 Å². The molecule has 8 atom stereocenters. The van der Waals surface area contributed by atoms with Gasteiger partial charge in [-0.3, -0.25) is 4.79 Å². The van der Waals surface area contributed by atoms with Gasteiger partial charge in [-0.05, 0) is 41.7 Å². The molecule has 5 N–H and O–H groups in total. The molecule has 4 rings (SSSR count). The number of allylic oxidation sites excluding steroid dienone is 1. The van der Waals surface area contributed by atoms with Crippen molar-refractivity contribution >= 4 is 18.0 Å². The Morgan fingerprint density at radius 3 is 2.45 bits per heavy atom. The highest BCUT2D eigenvalue weighted by Crippen LogP contribution is 2.41. The van der Waals surface area contributed by atoms with Crippen LogP contribution >= 0.6 is 0 Å². The smallest absolute Gasteiger partial charge is 0.330 e. The summed E-state index contributed by atoms with van der Waals surface area (Å²) in [5, 5.41) is 50.7. The summed E-state index contributed by atoms with van der Waals surface area (Å²) < 4.78 is 31.9. The number of methoxy groups -OCH3 is 2. The lowest BCUT2D eigenvalue weighted by molar-refractivity contribution is -0.299. The minimum atomic E-state index is -1.63. The lowest BCUT2D eigenvalue weighted by Crippen LogP contribution is -2.59. The first-order chi connectivity index (χ1) is 19.2. The number of hydrogen-bond donors (Lipinski definition) is 5. The highest BCUT2D eigenvalue weighted by atomic mass is 16.7. The number of phenolic OH excluding ortho intramolecular Hbond substituents is 1. The molecule has 0 spiro atoms. The monoisotopic (exact) mass is 566 g/mol.